The van der Waals surface area contributed by atoms with Crippen LogP contribution in [-0.2, 0) is 14.8 Å². The van der Waals surface area contributed by atoms with Crippen molar-refractivity contribution in [1.82, 2.24) is 4.90 Å². The third kappa shape index (κ3) is 4.00. The van der Waals surface area contributed by atoms with Crippen LogP contribution in [0.25, 0.3) is 6.08 Å². The number of amidine groups is 1. The quantitative estimate of drug-likeness (QED) is 0.719. The molecule has 26 heavy (non-hydrogen) atoms. The zero-order valence-electron chi connectivity index (χ0n) is 13.8. The summed E-state index contributed by atoms with van der Waals surface area (Å²) in [5.74, 6) is -0.258. The third-order valence-electron chi connectivity index (χ3n) is 3.61. The average molecular weight is 407 g/mol. The number of carbonyl (C=O) groups is 1. The van der Waals surface area contributed by atoms with Crippen molar-refractivity contribution in [2.75, 3.05) is 6.54 Å². The number of halogens is 1. The number of thioether (sulfide) groups is 1. The summed E-state index contributed by atoms with van der Waals surface area (Å²) >= 11 is 6.85. The van der Waals surface area contributed by atoms with Gasteiger partial charge in [-0.05, 0) is 54.6 Å². The summed E-state index contributed by atoms with van der Waals surface area (Å²) in [5, 5.41) is 0.583. The maximum atomic E-state index is 12.6. The molecule has 0 spiro atoms. The van der Waals surface area contributed by atoms with Crippen LogP contribution < -0.4 is 0 Å². The summed E-state index contributed by atoms with van der Waals surface area (Å²) in [6.45, 7) is 2.10. The molecule has 0 aliphatic carbocycles. The monoisotopic (exact) mass is 406 g/mol. The van der Waals surface area contributed by atoms with E-state index in [4.69, 9.17) is 11.6 Å². The number of sulfonamides is 1. The van der Waals surface area contributed by atoms with Gasteiger partial charge in [-0.2, -0.15) is 8.42 Å². The van der Waals surface area contributed by atoms with E-state index in [-0.39, 0.29) is 16.0 Å². The fraction of sp³-hybridized carbons (Fsp3) is 0.111. The number of carbonyl (C=O) groups excluding carboxylic acids is 1. The molecule has 0 atom stereocenters. The van der Waals surface area contributed by atoms with Crippen LogP contribution in [0, 0.1) is 0 Å². The molecule has 0 N–H and O–H groups in total. The number of rotatable bonds is 4. The lowest BCUT2D eigenvalue weighted by atomic mass is 10.2. The average Bonchev–Trinajstić information content (AvgIpc) is 2.90. The van der Waals surface area contributed by atoms with E-state index in [1.807, 2.05) is 30.3 Å². The predicted molar refractivity (Wildman–Crippen MR) is 105 cm³/mol. The topological polar surface area (TPSA) is 66.8 Å². The molecule has 0 unspecified atom stereocenters. The fourth-order valence-electron chi connectivity index (χ4n) is 2.32. The van der Waals surface area contributed by atoms with E-state index in [0.29, 0.717) is 16.5 Å². The molecule has 8 heteroatoms. The van der Waals surface area contributed by atoms with Crippen molar-refractivity contribution in [3.63, 3.8) is 0 Å². The highest BCUT2D eigenvalue weighted by molar-refractivity contribution is 8.19. The van der Waals surface area contributed by atoms with Crippen LogP contribution in [0.2, 0.25) is 5.02 Å². The van der Waals surface area contributed by atoms with Gasteiger partial charge in [-0.15, -0.1) is 4.40 Å². The standard InChI is InChI=1S/C18H15ClN2O3S2/c1-2-21-17(22)16(12-13-6-4-3-5-7-13)25-18(21)20-26(23,24)15-10-8-14(19)9-11-15/h3-12H,2H2,1H3/b16-12-,20-18?. The van der Waals surface area contributed by atoms with Crippen LogP contribution in [0.4, 0.5) is 0 Å². The Labute approximate surface area is 161 Å². The first-order valence-corrected chi connectivity index (χ1v) is 10.4. The second kappa shape index (κ2) is 7.65. The first kappa shape index (κ1) is 18.7. The number of benzene rings is 2. The fourth-order valence-corrected chi connectivity index (χ4v) is 4.69. The Morgan fingerprint density at radius 3 is 2.38 bits per heavy atom. The minimum Gasteiger partial charge on any atom is -0.286 e. The highest BCUT2D eigenvalue weighted by Crippen LogP contribution is 2.33. The van der Waals surface area contributed by atoms with Gasteiger partial charge in [0.15, 0.2) is 5.17 Å². The second-order valence-corrected chi connectivity index (χ2v) is 8.42. The Morgan fingerprint density at radius 1 is 1.12 bits per heavy atom. The Morgan fingerprint density at radius 2 is 1.77 bits per heavy atom. The zero-order valence-corrected chi connectivity index (χ0v) is 16.2. The lowest BCUT2D eigenvalue weighted by molar-refractivity contribution is -0.122. The summed E-state index contributed by atoms with van der Waals surface area (Å²) in [7, 11) is -3.94. The molecule has 0 radical (unpaired) electrons. The van der Waals surface area contributed by atoms with Gasteiger partial charge in [0.25, 0.3) is 15.9 Å². The maximum Gasteiger partial charge on any atom is 0.284 e. The smallest absolute Gasteiger partial charge is 0.284 e. The van der Waals surface area contributed by atoms with Crippen LogP contribution in [0.3, 0.4) is 0 Å². The molecule has 1 heterocycles. The summed E-state index contributed by atoms with van der Waals surface area (Å²) in [6.07, 6.45) is 1.73. The van der Waals surface area contributed by atoms with Crippen molar-refractivity contribution in [2.45, 2.75) is 11.8 Å². The SMILES string of the molecule is CCN1C(=O)/C(=C/c2ccccc2)SC1=NS(=O)(=O)c1ccc(Cl)cc1. The van der Waals surface area contributed by atoms with E-state index in [2.05, 4.69) is 4.40 Å². The van der Waals surface area contributed by atoms with E-state index in [1.54, 1.807) is 13.0 Å². The maximum absolute atomic E-state index is 12.6. The van der Waals surface area contributed by atoms with Crippen LogP contribution in [0.15, 0.2) is 68.8 Å². The van der Waals surface area contributed by atoms with Gasteiger partial charge in [-0.25, -0.2) is 0 Å². The lowest BCUT2D eigenvalue weighted by Gasteiger charge is -2.11. The minimum atomic E-state index is -3.94. The molecule has 1 amide bonds. The Bertz CT molecular complexity index is 985. The van der Waals surface area contributed by atoms with Crippen LogP contribution in [-0.4, -0.2) is 30.9 Å². The van der Waals surface area contributed by atoms with E-state index in [0.717, 1.165) is 17.3 Å². The Balaban J connectivity index is 1.96. The predicted octanol–water partition coefficient (Wildman–Crippen LogP) is 4.02. The molecule has 1 fully saturated rings. The number of likely N-dealkylation sites (N-methyl/N-ethyl adjacent to an activating group) is 1. The molecule has 1 aliphatic heterocycles. The minimum absolute atomic E-state index is 0.0268. The van der Waals surface area contributed by atoms with E-state index in [1.165, 1.54) is 29.2 Å². The summed E-state index contributed by atoms with van der Waals surface area (Å²) in [5.41, 5.74) is 0.862. The van der Waals surface area contributed by atoms with Crippen molar-refractivity contribution in [3.8, 4) is 0 Å². The molecule has 2 aromatic carbocycles. The van der Waals surface area contributed by atoms with E-state index >= 15 is 0 Å². The second-order valence-electron chi connectivity index (χ2n) is 5.37. The lowest BCUT2D eigenvalue weighted by Crippen LogP contribution is -2.29. The van der Waals surface area contributed by atoms with Crippen molar-refractivity contribution < 1.29 is 13.2 Å². The van der Waals surface area contributed by atoms with Crippen LogP contribution in [0.1, 0.15) is 12.5 Å². The Hall–Kier alpha value is -2.09. The largest absolute Gasteiger partial charge is 0.286 e. The number of hydrogen-bond acceptors (Lipinski definition) is 4. The zero-order chi connectivity index (χ0) is 18.7. The number of nitrogens with zero attached hydrogens (tertiary/aromatic N) is 2. The molecular formula is C18H15ClN2O3S2. The molecule has 0 aromatic heterocycles. The summed E-state index contributed by atoms with van der Waals surface area (Å²) in [4.78, 5) is 14.4. The van der Waals surface area contributed by atoms with Gasteiger partial charge in [-0.1, -0.05) is 41.9 Å². The van der Waals surface area contributed by atoms with Crippen molar-refractivity contribution in [2.24, 2.45) is 4.40 Å². The van der Waals surface area contributed by atoms with Gasteiger partial charge in [0.05, 0.1) is 9.80 Å². The van der Waals surface area contributed by atoms with E-state index in [9.17, 15) is 13.2 Å². The van der Waals surface area contributed by atoms with Gasteiger partial charge >= 0.3 is 0 Å². The number of hydrogen-bond donors (Lipinski definition) is 0. The molecule has 0 saturated carbocycles. The molecule has 134 valence electrons. The first-order chi connectivity index (χ1) is 12.4. The first-order valence-electron chi connectivity index (χ1n) is 7.77. The highest BCUT2D eigenvalue weighted by atomic mass is 35.5. The van der Waals surface area contributed by atoms with Gasteiger partial charge < -0.3 is 0 Å². The molecule has 1 saturated heterocycles. The van der Waals surface area contributed by atoms with Gasteiger partial charge in [0.2, 0.25) is 0 Å². The summed E-state index contributed by atoms with van der Waals surface area (Å²) < 4.78 is 28.9. The third-order valence-corrected chi connectivity index (χ3v) is 6.27. The molecule has 3 rings (SSSR count). The van der Waals surface area contributed by atoms with Crippen LogP contribution in [0.5, 0.6) is 0 Å². The van der Waals surface area contributed by atoms with Crippen molar-refractivity contribution in [3.05, 3.63) is 70.1 Å². The highest BCUT2D eigenvalue weighted by Gasteiger charge is 2.33. The molecule has 2 aromatic rings. The number of amides is 1. The van der Waals surface area contributed by atoms with Gasteiger partial charge in [-0.3, -0.25) is 9.69 Å². The van der Waals surface area contributed by atoms with Gasteiger partial charge in [0.1, 0.15) is 0 Å². The Kier molecular flexibility index (Phi) is 5.50. The van der Waals surface area contributed by atoms with Gasteiger partial charge in [0, 0.05) is 11.6 Å². The molecule has 0 bridgehead atoms. The molecule has 1 aliphatic rings. The van der Waals surface area contributed by atoms with Crippen molar-refractivity contribution in [1.29, 1.82) is 0 Å². The summed E-state index contributed by atoms with van der Waals surface area (Å²) in [6, 6.07) is 15.1. The molecule has 5 nitrogen and oxygen atoms in total. The van der Waals surface area contributed by atoms with Crippen LogP contribution >= 0.6 is 23.4 Å². The van der Waals surface area contributed by atoms with E-state index < -0.39 is 10.0 Å². The normalized spacial score (nSPS) is 18.1. The van der Waals surface area contributed by atoms with Crippen molar-refractivity contribution >= 4 is 50.5 Å². The molecular weight excluding hydrogens is 392 g/mol.